The molecule has 8 atom stereocenters. The molecular weight excluding hydrogens is 1760 g/mol. The van der Waals surface area contributed by atoms with Crippen LogP contribution in [0.4, 0.5) is 9.59 Å². The van der Waals surface area contributed by atoms with Crippen molar-refractivity contribution >= 4 is 59.4 Å². The van der Waals surface area contributed by atoms with E-state index < -0.39 is 84.9 Å². The molecule has 0 aliphatic rings. The van der Waals surface area contributed by atoms with Gasteiger partial charge in [0.05, 0.1) is 13.1 Å². The zero-order chi connectivity index (χ0) is 83.4. The van der Waals surface area contributed by atoms with Crippen LogP contribution in [0.2, 0.25) is 2.82 Å². The summed E-state index contributed by atoms with van der Waals surface area (Å²) in [6.45, 7) is 42.2. The second kappa shape index (κ2) is 60.4. The minimum Gasteiger partial charge on any atom is -0.481 e. The number of aliphatic carboxylic acids is 6. The van der Waals surface area contributed by atoms with Gasteiger partial charge in [0.2, 0.25) is 0 Å². The van der Waals surface area contributed by atoms with Crippen LogP contribution in [0.3, 0.4) is 0 Å². The number of carboxylic acids is 6. The molecule has 0 bridgehead atoms. The maximum absolute atomic E-state index is 12.9. The Morgan fingerprint density at radius 2 is 0.766 bits per heavy atom. The van der Waals surface area contributed by atoms with E-state index in [0.29, 0.717) is 127 Å². The predicted octanol–water partition coefficient (Wildman–Crippen LogP) is 8.59. The summed E-state index contributed by atoms with van der Waals surface area (Å²) in [6.07, 6.45) is 11.8. The van der Waals surface area contributed by atoms with Gasteiger partial charge in [0.1, 0.15) is 27.0 Å². The Kier molecular flexibility index (Phi) is 54.8. The minimum absolute atomic E-state index is 0. The average molecular weight is 1900 g/mol. The molecule has 4 amide bonds. The molecule has 0 saturated heterocycles. The van der Waals surface area contributed by atoms with Gasteiger partial charge in [0.15, 0.2) is 11.6 Å². The smallest absolute Gasteiger partial charge is 0.326 e. The first-order chi connectivity index (χ1) is 52.6. The maximum atomic E-state index is 12.9. The fraction of sp³-hybridized carbons (Fsp3) is 0.556. The number of benzene rings is 2. The van der Waals surface area contributed by atoms with Gasteiger partial charge < -0.3 is 95.3 Å². The van der Waals surface area contributed by atoms with Crippen LogP contribution in [0, 0.1) is 36.5 Å². The molecular formula is C81H128N12O16W2-2. The van der Waals surface area contributed by atoms with E-state index in [1.807, 2.05) is 38.8 Å². The molecule has 0 spiro atoms. The Morgan fingerprint density at radius 3 is 1.13 bits per heavy atom. The van der Waals surface area contributed by atoms with Crippen LogP contribution < -0.4 is 64.6 Å². The number of nitrogens with one attached hydrogen (secondary N) is 10. The van der Waals surface area contributed by atoms with Gasteiger partial charge in [-0.1, -0.05) is 134 Å². The number of amides is 4. The third kappa shape index (κ3) is 49.7. The molecule has 0 heterocycles. The topological polar surface area (TPSA) is 464 Å². The number of ketones is 2. The number of hydrogen-bond acceptors (Lipinski definition) is 18. The van der Waals surface area contributed by atoms with Crippen LogP contribution >= 0.6 is 0 Å². The number of nitrogens with two attached hydrogens (primary N) is 2. The molecule has 2 aromatic rings. The van der Waals surface area contributed by atoms with Crippen molar-refractivity contribution in [3.63, 3.8) is 0 Å². The number of unbranched alkanes of at least 4 members (excludes halogenated alkanes) is 3. The molecule has 20 N–H and O–H groups in total. The van der Waals surface area contributed by atoms with E-state index in [2.05, 4.69) is 168 Å². The Bertz CT molecular complexity index is 3300. The zero-order valence-electron chi connectivity index (χ0n) is 67.9. The summed E-state index contributed by atoms with van der Waals surface area (Å²) in [5.74, 6) is -6.78. The standard InChI is InChI=1S/C42H67N6O8.C39H61N6O8.2W/c1-28(2)25-33-15-17-34(18-16-33)31(5)38(49)27-44-22-9-7-11-35(26-43)32(6)46-24-21-29(3)13-14-30(4)45-23-10-8-12-36(40(52)53)47-42(56)48-37(41(54)55)19-20-39(50)51;1-25(2)21-30-12-14-31(15-13-30)28(5)35(46)24-41-23-32(22-40)29(6)43-20-18-26(3)10-11-27(4)42-19-8-7-9-33(37(49)50)44-39(53)45-34(38(51)52)16-17-36(47)48;;/h14-18,28,31,35-37,44-46H,3-4,6-13,19-27,43H2,1-2,5H3,(H,50,51)(H,52,53)(H,54,55)(H2,47,48,56);11-15,25,28,32-34,41-43H,3-4,6-10,16-24,40H2,1-2,5H3,(H,47,48)(H,49,50)(H,51,52)(H2,44,45,53);;/q2*-1;;/i/hD2. The Balaban J connectivity index is 0. The number of hydrogen-bond donors (Lipinski definition) is 18. The van der Waals surface area contributed by atoms with E-state index in [4.69, 9.17) is 13.0 Å². The van der Waals surface area contributed by atoms with Crippen LogP contribution in [0.5, 0.6) is 0 Å². The van der Waals surface area contributed by atoms with Gasteiger partial charge in [-0.3, -0.25) is 19.2 Å². The van der Waals surface area contributed by atoms with Crippen LogP contribution in [-0.4, -0.2) is 180 Å². The van der Waals surface area contributed by atoms with Crippen LogP contribution in [0.1, 0.15) is 185 Å². The fourth-order valence-corrected chi connectivity index (χ4v) is 11.1. The van der Waals surface area contributed by atoms with Crippen LogP contribution in [-0.2, 0) is 93.3 Å². The number of allylic oxidation sites excluding steroid dienone is 2. The summed E-state index contributed by atoms with van der Waals surface area (Å²) in [4.78, 5) is 117. The molecule has 0 aliphatic heterocycles. The SMILES string of the molecule is [2H]NCC(CCCCNCC(=O)C(C)c1ccc(CC(C)C)cc1)C(=C)NCCC(=C)C[CH-]C(=C)NCCCCC(NC(=O)NC(CCC(=O)O)C(=O)O)C(=O)O.[2H]NCC(CNCC(=O)C(C)c1ccc(CC(C)C)cc1)C(=C)NCCC(=C)C[CH-]C(=C)NCCCCC(NC(=O)NC(CCC(=O)O)C(=O)O)C(=O)O.[W].[W]. The molecule has 0 radical (unpaired) electrons. The summed E-state index contributed by atoms with van der Waals surface area (Å²) in [6, 6.07) is 9.19. The normalized spacial score (nSPS) is 13.1. The van der Waals surface area contributed by atoms with Crippen LogP contribution in [0.25, 0.3) is 0 Å². The third-order valence-corrected chi connectivity index (χ3v) is 18.0. The second-order valence-electron chi connectivity index (χ2n) is 28.4. The number of urea groups is 2. The van der Waals surface area contributed by atoms with Gasteiger partial charge >= 0.3 is 47.9 Å². The summed E-state index contributed by atoms with van der Waals surface area (Å²) >= 11 is 0. The number of carbonyl (C=O) groups excluding carboxylic acids is 4. The van der Waals surface area contributed by atoms with Crippen molar-refractivity contribution in [3.05, 3.63) is 157 Å². The predicted molar refractivity (Wildman–Crippen MR) is 426 cm³/mol. The van der Waals surface area contributed by atoms with E-state index >= 15 is 0 Å². The van der Waals surface area contributed by atoms with Gasteiger partial charge in [-0.25, -0.2) is 54.8 Å². The molecule has 111 heavy (non-hydrogen) atoms. The van der Waals surface area contributed by atoms with Crippen molar-refractivity contribution in [2.24, 2.45) is 35.1 Å². The molecule has 30 heteroatoms. The number of carbonyl (C=O) groups is 10. The van der Waals surface area contributed by atoms with Crippen molar-refractivity contribution in [1.82, 2.24) is 53.2 Å². The summed E-state index contributed by atoms with van der Waals surface area (Å²) in [5, 5.41) is 83.1. The van der Waals surface area contributed by atoms with E-state index in [-0.39, 0.29) is 110 Å². The molecule has 2 rings (SSSR count). The first-order valence-electron chi connectivity index (χ1n) is 38.7. The fourth-order valence-electron chi connectivity index (χ4n) is 11.1. The maximum Gasteiger partial charge on any atom is 0.326 e. The number of carboxylic acid groups (broad SMARTS) is 6. The molecule has 622 valence electrons. The number of Topliss-reactive ketones (excluding diaryl/α,β-unsaturated/α-hetero) is 2. The van der Waals surface area contributed by atoms with Crippen molar-refractivity contribution in [2.75, 3.05) is 65.4 Å². The van der Waals surface area contributed by atoms with Crippen molar-refractivity contribution in [3.8, 4) is 0 Å². The Morgan fingerprint density at radius 1 is 0.423 bits per heavy atom. The van der Waals surface area contributed by atoms with Gasteiger partial charge in [0.25, 0.3) is 0 Å². The molecule has 0 aromatic heterocycles. The molecule has 0 saturated carbocycles. The summed E-state index contributed by atoms with van der Waals surface area (Å²) in [5.41, 5.74) is 14.5. The van der Waals surface area contributed by atoms with E-state index in [0.717, 1.165) is 72.3 Å². The van der Waals surface area contributed by atoms with Crippen molar-refractivity contribution in [2.45, 2.75) is 200 Å². The largest absolute Gasteiger partial charge is 0.481 e. The molecule has 0 fully saturated rings. The third-order valence-electron chi connectivity index (χ3n) is 18.0. The molecule has 28 nitrogen and oxygen atoms in total. The first kappa shape index (κ1) is 101. The monoisotopic (exact) mass is 1890 g/mol. The molecule has 0 aliphatic carbocycles. The molecule has 2 aromatic carbocycles. The summed E-state index contributed by atoms with van der Waals surface area (Å²) in [7, 11) is 0. The van der Waals surface area contributed by atoms with Crippen molar-refractivity contribution in [1.29, 1.82) is 0 Å². The molecule has 8 unspecified atom stereocenters. The summed E-state index contributed by atoms with van der Waals surface area (Å²) < 4.78 is 15.0. The Hall–Kier alpha value is -8.26. The van der Waals surface area contributed by atoms with Crippen LogP contribution in [0.15, 0.2) is 122 Å². The quantitative estimate of drug-likeness (QED) is 0.0167. The van der Waals surface area contributed by atoms with E-state index in [1.165, 1.54) is 11.1 Å². The van der Waals surface area contributed by atoms with Crippen molar-refractivity contribution < 1.29 is 124 Å². The van der Waals surface area contributed by atoms with Gasteiger partial charge in [0, 0.05) is 136 Å². The first-order valence-corrected chi connectivity index (χ1v) is 37.7. The van der Waals surface area contributed by atoms with Gasteiger partial charge in [-0.15, -0.1) is 24.6 Å². The second-order valence-corrected chi connectivity index (χ2v) is 28.4. The van der Waals surface area contributed by atoms with Gasteiger partial charge in [-0.2, -0.15) is 0 Å². The Labute approximate surface area is 689 Å². The van der Waals surface area contributed by atoms with E-state index in [9.17, 15) is 68.4 Å². The minimum atomic E-state index is -1.46. The zero-order valence-corrected chi connectivity index (χ0v) is 71.7. The average Bonchev–Trinajstić information content (AvgIpc) is 0.875. The number of rotatable bonds is 65. The van der Waals surface area contributed by atoms with Gasteiger partial charge in [-0.05, 0) is 131 Å². The van der Waals surface area contributed by atoms with E-state index in [1.54, 1.807) is 0 Å².